The molecular weight excluding hydrogens is 366 g/mol. The number of nitrogens with zero attached hydrogens (tertiary/aromatic N) is 2. The van der Waals surface area contributed by atoms with E-state index in [1.807, 2.05) is 24.3 Å². The zero-order valence-electron chi connectivity index (χ0n) is 15.4. The SMILES string of the molecule is COc1ccc(-c2ccnn2Cc2ccc(F)c(F)c2)cc1OC1CCOC1. The topological polar surface area (TPSA) is 45.5 Å². The Morgan fingerprint density at radius 1 is 1.11 bits per heavy atom. The first-order valence-electron chi connectivity index (χ1n) is 9.02. The van der Waals surface area contributed by atoms with E-state index in [9.17, 15) is 8.78 Å². The summed E-state index contributed by atoms with van der Waals surface area (Å²) in [7, 11) is 1.60. The monoisotopic (exact) mass is 386 g/mol. The van der Waals surface area contributed by atoms with Gasteiger partial charge in [0.2, 0.25) is 0 Å². The van der Waals surface area contributed by atoms with Crippen molar-refractivity contribution in [1.82, 2.24) is 9.78 Å². The zero-order valence-corrected chi connectivity index (χ0v) is 15.4. The van der Waals surface area contributed by atoms with E-state index in [0.29, 0.717) is 36.8 Å². The number of methoxy groups -OCH3 is 1. The Bertz CT molecular complexity index is 968. The third kappa shape index (κ3) is 3.84. The van der Waals surface area contributed by atoms with E-state index in [1.54, 1.807) is 24.1 Å². The Kier molecular flexibility index (Phi) is 5.25. The lowest BCUT2D eigenvalue weighted by Gasteiger charge is -2.16. The van der Waals surface area contributed by atoms with Crippen LogP contribution in [0.4, 0.5) is 8.78 Å². The minimum absolute atomic E-state index is 0.00347. The Balaban J connectivity index is 1.62. The van der Waals surface area contributed by atoms with Crippen molar-refractivity contribution < 1.29 is 23.0 Å². The highest BCUT2D eigenvalue weighted by molar-refractivity contribution is 5.64. The second-order valence-electron chi connectivity index (χ2n) is 6.59. The highest BCUT2D eigenvalue weighted by atomic mass is 19.2. The maximum absolute atomic E-state index is 13.5. The fourth-order valence-corrected chi connectivity index (χ4v) is 3.23. The molecule has 1 aliphatic heterocycles. The summed E-state index contributed by atoms with van der Waals surface area (Å²) in [6.07, 6.45) is 2.50. The Morgan fingerprint density at radius 2 is 2.00 bits per heavy atom. The first-order chi connectivity index (χ1) is 13.6. The molecule has 2 heterocycles. The van der Waals surface area contributed by atoms with Gasteiger partial charge in [-0.3, -0.25) is 4.68 Å². The van der Waals surface area contributed by atoms with Crippen molar-refractivity contribution in [3.05, 3.63) is 65.9 Å². The molecule has 2 aromatic carbocycles. The van der Waals surface area contributed by atoms with Gasteiger partial charge in [-0.25, -0.2) is 8.78 Å². The van der Waals surface area contributed by atoms with Gasteiger partial charge in [0.15, 0.2) is 23.1 Å². The van der Waals surface area contributed by atoms with Gasteiger partial charge < -0.3 is 14.2 Å². The molecule has 0 aliphatic carbocycles. The van der Waals surface area contributed by atoms with E-state index in [4.69, 9.17) is 14.2 Å². The van der Waals surface area contributed by atoms with Gasteiger partial charge in [0.1, 0.15) is 6.10 Å². The number of ether oxygens (including phenoxy) is 3. The molecule has 7 heteroatoms. The van der Waals surface area contributed by atoms with Crippen LogP contribution in [0, 0.1) is 11.6 Å². The molecule has 0 amide bonds. The minimum atomic E-state index is -0.870. The third-order valence-corrected chi connectivity index (χ3v) is 4.67. The van der Waals surface area contributed by atoms with Crippen molar-refractivity contribution in [2.45, 2.75) is 19.1 Å². The molecule has 1 fully saturated rings. The Morgan fingerprint density at radius 3 is 2.75 bits per heavy atom. The van der Waals surface area contributed by atoms with Crippen LogP contribution in [0.2, 0.25) is 0 Å². The van der Waals surface area contributed by atoms with Crippen molar-refractivity contribution in [1.29, 1.82) is 0 Å². The predicted molar refractivity (Wildman–Crippen MR) is 99.5 cm³/mol. The Hall–Kier alpha value is -2.93. The minimum Gasteiger partial charge on any atom is -0.493 e. The molecule has 0 spiro atoms. The van der Waals surface area contributed by atoms with Gasteiger partial charge in [-0.1, -0.05) is 6.07 Å². The van der Waals surface area contributed by atoms with E-state index in [0.717, 1.165) is 23.7 Å². The summed E-state index contributed by atoms with van der Waals surface area (Å²) >= 11 is 0. The van der Waals surface area contributed by atoms with Crippen molar-refractivity contribution >= 4 is 0 Å². The number of rotatable bonds is 6. The second-order valence-corrected chi connectivity index (χ2v) is 6.59. The molecule has 28 heavy (non-hydrogen) atoms. The van der Waals surface area contributed by atoms with E-state index in [2.05, 4.69) is 5.10 Å². The average Bonchev–Trinajstić information content (AvgIpc) is 3.37. The van der Waals surface area contributed by atoms with Gasteiger partial charge in [0.05, 0.1) is 32.6 Å². The van der Waals surface area contributed by atoms with Gasteiger partial charge in [-0.05, 0) is 42.0 Å². The molecular formula is C21H20F2N2O3. The van der Waals surface area contributed by atoms with Crippen LogP contribution in [0.5, 0.6) is 11.5 Å². The molecule has 1 atom stereocenters. The van der Waals surface area contributed by atoms with Crippen LogP contribution in [0.3, 0.4) is 0 Å². The van der Waals surface area contributed by atoms with Crippen molar-refractivity contribution in [3.63, 3.8) is 0 Å². The normalized spacial score (nSPS) is 16.3. The van der Waals surface area contributed by atoms with Crippen molar-refractivity contribution in [3.8, 4) is 22.8 Å². The number of benzene rings is 2. The smallest absolute Gasteiger partial charge is 0.162 e. The molecule has 4 rings (SSSR count). The first-order valence-corrected chi connectivity index (χ1v) is 9.02. The van der Waals surface area contributed by atoms with Crippen molar-refractivity contribution in [2.75, 3.05) is 20.3 Å². The van der Waals surface area contributed by atoms with E-state index >= 15 is 0 Å². The van der Waals surface area contributed by atoms with Crippen molar-refractivity contribution in [2.24, 2.45) is 0 Å². The highest BCUT2D eigenvalue weighted by Crippen LogP contribution is 2.34. The standard InChI is InChI=1S/C21H20F2N2O3/c1-26-20-5-3-15(11-21(20)28-16-7-9-27-13-16)19-6-8-24-25(19)12-14-2-4-17(22)18(23)10-14/h2-6,8,10-11,16H,7,9,12-13H2,1H3. The van der Waals surface area contributed by atoms with E-state index < -0.39 is 11.6 Å². The zero-order chi connectivity index (χ0) is 19.5. The highest BCUT2D eigenvalue weighted by Gasteiger charge is 2.20. The molecule has 0 bridgehead atoms. The molecule has 1 aliphatic rings. The molecule has 0 saturated carbocycles. The summed E-state index contributed by atoms with van der Waals surface area (Å²) in [6, 6.07) is 11.4. The summed E-state index contributed by atoms with van der Waals surface area (Å²) in [4.78, 5) is 0. The number of aromatic nitrogens is 2. The largest absolute Gasteiger partial charge is 0.493 e. The van der Waals surface area contributed by atoms with Gasteiger partial charge in [-0.15, -0.1) is 0 Å². The van der Waals surface area contributed by atoms with Gasteiger partial charge in [-0.2, -0.15) is 5.10 Å². The molecule has 1 aromatic heterocycles. The third-order valence-electron chi connectivity index (χ3n) is 4.67. The van der Waals surface area contributed by atoms with E-state index in [1.165, 1.54) is 6.07 Å². The summed E-state index contributed by atoms with van der Waals surface area (Å²) in [5, 5.41) is 4.32. The average molecular weight is 386 g/mol. The van der Waals surface area contributed by atoms with Crippen LogP contribution in [-0.2, 0) is 11.3 Å². The molecule has 0 N–H and O–H groups in total. The predicted octanol–water partition coefficient (Wildman–Crippen LogP) is 4.05. The van der Waals surface area contributed by atoms with Crippen LogP contribution in [0.15, 0.2) is 48.7 Å². The molecule has 3 aromatic rings. The number of hydrogen-bond donors (Lipinski definition) is 0. The second kappa shape index (κ2) is 7.98. The molecule has 146 valence electrons. The maximum Gasteiger partial charge on any atom is 0.162 e. The summed E-state index contributed by atoms with van der Waals surface area (Å²) in [5.41, 5.74) is 2.34. The fourth-order valence-electron chi connectivity index (χ4n) is 3.23. The summed E-state index contributed by atoms with van der Waals surface area (Å²) in [5.74, 6) is -0.458. The van der Waals surface area contributed by atoms with Crippen LogP contribution >= 0.6 is 0 Å². The van der Waals surface area contributed by atoms with Crippen LogP contribution in [0.25, 0.3) is 11.3 Å². The maximum atomic E-state index is 13.5. The number of hydrogen-bond acceptors (Lipinski definition) is 4. The molecule has 1 unspecified atom stereocenters. The number of halogens is 2. The van der Waals surface area contributed by atoms with Crippen LogP contribution < -0.4 is 9.47 Å². The quantitative estimate of drug-likeness (QED) is 0.641. The van der Waals surface area contributed by atoms with Crippen LogP contribution in [0.1, 0.15) is 12.0 Å². The lowest BCUT2D eigenvalue weighted by Crippen LogP contribution is -2.16. The lowest BCUT2D eigenvalue weighted by atomic mass is 10.1. The fraction of sp³-hybridized carbons (Fsp3) is 0.286. The van der Waals surface area contributed by atoms with Gasteiger partial charge >= 0.3 is 0 Å². The van der Waals surface area contributed by atoms with Gasteiger partial charge in [0, 0.05) is 18.2 Å². The van der Waals surface area contributed by atoms with E-state index in [-0.39, 0.29) is 6.10 Å². The lowest BCUT2D eigenvalue weighted by molar-refractivity contribution is 0.138. The molecule has 5 nitrogen and oxygen atoms in total. The first kappa shape index (κ1) is 18.4. The molecule has 1 saturated heterocycles. The Labute approximate surface area is 161 Å². The summed E-state index contributed by atoms with van der Waals surface area (Å²) in [6.45, 7) is 1.56. The molecule has 0 radical (unpaired) electrons. The van der Waals surface area contributed by atoms with Gasteiger partial charge in [0.25, 0.3) is 0 Å². The summed E-state index contributed by atoms with van der Waals surface area (Å²) < 4.78 is 45.3. The van der Waals surface area contributed by atoms with Crippen LogP contribution in [-0.4, -0.2) is 36.2 Å².